The average molecular weight is 169 g/mol. The zero-order valence-electron chi connectivity index (χ0n) is 7.72. The lowest BCUT2D eigenvalue weighted by Crippen LogP contribution is -2.24. The van der Waals surface area contributed by atoms with E-state index in [1.165, 1.54) is 38.6 Å². The Morgan fingerprint density at radius 1 is 1.08 bits per heavy atom. The molecule has 0 aromatic carbocycles. The van der Waals surface area contributed by atoms with Crippen LogP contribution in [0, 0.1) is 5.92 Å². The van der Waals surface area contributed by atoms with E-state index in [0.29, 0.717) is 0 Å². The maximum Gasteiger partial charge on any atom is 0.0469 e. The molecule has 1 unspecified atom stereocenters. The summed E-state index contributed by atoms with van der Waals surface area (Å²) < 4.78 is 5.42. The molecule has 0 bridgehead atoms. The molecule has 0 radical (unpaired) electrons. The van der Waals surface area contributed by atoms with Crippen LogP contribution in [0.5, 0.6) is 0 Å². The highest BCUT2D eigenvalue weighted by Crippen LogP contribution is 2.21. The Balaban J connectivity index is 1.62. The first-order valence-electron chi connectivity index (χ1n) is 5.26. The average Bonchev–Trinajstić information content (AvgIpc) is 2.90. The quantitative estimate of drug-likeness (QED) is 0.692. The normalized spacial score (nSPS) is 31.5. The highest BCUT2D eigenvalue weighted by Gasteiger charge is 2.22. The number of rotatable bonds is 3. The van der Waals surface area contributed by atoms with Crippen molar-refractivity contribution in [2.24, 2.45) is 5.92 Å². The van der Waals surface area contributed by atoms with Crippen LogP contribution < -0.4 is 5.32 Å². The number of hydrogen-bond donors (Lipinski definition) is 1. The molecule has 70 valence electrons. The molecule has 1 aliphatic heterocycles. The van der Waals surface area contributed by atoms with Gasteiger partial charge in [0.15, 0.2) is 0 Å². The minimum atomic E-state index is 0.870. The van der Waals surface area contributed by atoms with Crippen LogP contribution in [0.2, 0.25) is 0 Å². The largest absolute Gasteiger partial charge is 0.381 e. The Morgan fingerprint density at radius 2 is 2.00 bits per heavy atom. The molecule has 1 heterocycles. The zero-order chi connectivity index (χ0) is 8.23. The standard InChI is InChI=1S/C10H19NO/c1-2-9(5-7-12-6-1)8-11-10-3-4-10/h9-11H,1-8H2. The molecular formula is C10H19NO. The molecule has 0 aromatic heterocycles. The van der Waals surface area contributed by atoms with Gasteiger partial charge in [-0.2, -0.15) is 0 Å². The van der Waals surface area contributed by atoms with Crippen molar-refractivity contribution in [1.29, 1.82) is 0 Å². The van der Waals surface area contributed by atoms with E-state index in [4.69, 9.17) is 4.74 Å². The first-order chi connectivity index (χ1) is 5.95. The molecule has 2 rings (SSSR count). The SMILES string of the molecule is C1COCCC(CNC2CC2)C1. The van der Waals surface area contributed by atoms with E-state index < -0.39 is 0 Å². The molecule has 1 aliphatic carbocycles. The predicted molar refractivity (Wildman–Crippen MR) is 49.2 cm³/mol. The Bertz CT molecular complexity index is 126. The van der Waals surface area contributed by atoms with Gasteiger partial charge in [0.25, 0.3) is 0 Å². The molecular weight excluding hydrogens is 150 g/mol. The maximum absolute atomic E-state index is 5.42. The summed E-state index contributed by atoms with van der Waals surface area (Å²) in [4.78, 5) is 0. The van der Waals surface area contributed by atoms with E-state index >= 15 is 0 Å². The maximum atomic E-state index is 5.42. The van der Waals surface area contributed by atoms with E-state index in [-0.39, 0.29) is 0 Å². The lowest BCUT2D eigenvalue weighted by Gasteiger charge is -2.13. The van der Waals surface area contributed by atoms with Gasteiger partial charge in [0.1, 0.15) is 0 Å². The fourth-order valence-corrected chi connectivity index (χ4v) is 1.80. The molecule has 2 fully saturated rings. The van der Waals surface area contributed by atoms with E-state index in [1.54, 1.807) is 0 Å². The second-order valence-corrected chi connectivity index (χ2v) is 4.09. The fourth-order valence-electron chi connectivity index (χ4n) is 1.80. The van der Waals surface area contributed by atoms with E-state index in [2.05, 4.69) is 5.32 Å². The highest BCUT2D eigenvalue weighted by molar-refractivity contribution is 4.82. The van der Waals surface area contributed by atoms with Crippen LogP contribution >= 0.6 is 0 Å². The third-order valence-corrected chi connectivity index (χ3v) is 2.84. The fraction of sp³-hybridized carbons (Fsp3) is 1.00. The lowest BCUT2D eigenvalue weighted by atomic mass is 10.0. The van der Waals surface area contributed by atoms with Gasteiger partial charge in [0.05, 0.1) is 0 Å². The molecule has 1 saturated carbocycles. The summed E-state index contributed by atoms with van der Waals surface area (Å²) in [6.45, 7) is 3.20. The van der Waals surface area contributed by atoms with Crippen LogP contribution in [0.3, 0.4) is 0 Å². The van der Waals surface area contributed by atoms with E-state index in [1.807, 2.05) is 0 Å². The molecule has 2 heteroatoms. The van der Waals surface area contributed by atoms with Crippen molar-refractivity contribution in [3.63, 3.8) is 0 Å². The summed E-state index contributed by atoms with van der Waals surface area (Å²) in [5, 5.41) is 3.60. The monoisotopic (exact) mass is 169 g/mol. The van der Waals surface area contributed by atoms with Gasteiger partial charge in [-0.3, -0.25) is 0 Å². The van der Waals surface area contributed by atoms with Gasteiger partial charge >= 0.3 is 0 Å². The summed E-state index contributed by atoms with van der Waals surface area (Å²) in [6.07, 6.45) is 6.70. The number of ether oxygens (including phenoxy) is 1. The van der Waals surface area contributed by atoms with Crippen molar-refractivity contribution in [2.45, 2.75) is 38.1 Å². The lowest BCUT2D eigenvalue weighted by molar-refractivity contribution is 0.141. The first kappa shape index (κ1) is 8.52. The Labute approximate surface area is 74.7 Å². The van der Waals surface area contributed by atoms with Crippen LogP contribution in [0.4, 0.5) is 0 Å². The van der Waals surface area contributed by atoms with Crippen molar-refractivity contribution < 1.29 is 4.74 Å². The third kappa shape index (κ3) is 2.76. The summed E-state index contributed by atoms with van der Waals surface area (Å²) in [5.74, 6) is 0.882. The summed E-state index contributed by atoms with van der Waals surface area (Å²) in [7, 11) is 0. The van der Waals surface area contributed by atoms with Gasteiger partial charge in [-0.1, -0.05) is 0 Å². The van der Waals surface area contributed by atoms with E-state index in [9.17, 15) is 0 Å². The molecule has 1 N–H and O–H groups in total. The van der Waals surface area contributed by atoms with Crippen LogP contribution in [-0.4, -0.2) is 25.8 Å². The summed E-state index contributed by atoms with van der Waals surface area (Å²) in [6, 6.07) is 0.870. The van der Waals surface area contributed by atoms with Crippen LogP contribution in [-0.2, 0) is 4.74 Å². The molecule has 2 aliphatic rings. The summed E-state index contributed by atoms with van der Waals surface area (Å²) >= 11 is 0. The number of hydrogen-bond acceptors (Lipinski definition) is 2. The molecule has 2 nitrogen and oxygen atoms in total. The predicted octanol–water partition coefficient (Wildman–Crippen LogP) is 1.56. The van der Waals surface area contributed by atoms with Gasteiger partial charge in [0.2, 0.25) is 0 Å². The zero-order valence-corrected chi connectivity index (χ0v) is 7.72. The van der Waals surface area contributed by atoms with Gasteiger partial charge < -0.3 is 10.1 Å². The minimum absolute atomic E-state index is 0.870. The third-order valence-electron chi connectivity index (χ3n) is 2.84. The molecule has 0 aromatic rings. The Kier molecular flexibility index (Phi) is 3.01. The van der Waals surface area contributed by atoms with Crippen molar-refractivity contribution in [2.75, 3.05) is 19.8 Å². The second-order valence-electron chi connectivity index (χ2n) is 4.09. The van der Waals surface area contributed by atoms with Crippen LogP contribution in [0.15, 0.2) is 0 Å². The van der Waals surface area contributed by atoms with Gasteiger partial charge in [-0.15, -0.1) is 0 Å². The van der Waals surface area contributed by atoms with Crippen molar-refractivity contribution in [3.8, 4) is 0 Å². The second kappa shape index (κ2) is 4.24. The molecule has 0 spiro atoms. The highest BCUT2D eigenvalue weighted by atomic mass is 16.5. The van der Waals surface area contributed by atoms with Crippen LogP contribution in [0.1, 0.15) is 32.1 Å². The van der Waals surface area contributed by atoms with Crippen LogP contribution in [0.25, 0.3) is 0 Å². The van der Waals surface area contributed by atoms with Gasteiger partial charge in [0, 0.05) is 19.3 Å². The van der Waals surface area contributed by atoms with Gasteiger partial charge in [-0.05, 0) is 44.6 Å². The van der Waals surface area contributed by atoms with Crippen molar-refractivity contribution in [3.05, 3.63) is 0 Å². The Morgan fingerprint density at radius 3 is 2.83 bits per heavy atom. The van der Waals surface area contributed by atoms with Gasteiger partial charge in [-0.25, -0.2) is 0 Å². The summed E-state index contributed by atoms with van der Waals surface area (Å²) in [5.41, 5.74) is 0. The Hall–Kier alpha value is -0.0800. The first-order valence-corrected chi connectivity index (χ1v) is 5.26. The topological polar surface area (TPSA) is 21.3 Å². The van der Waals surface area contributed by atoms with Crippen molar-refractivity contribution >= 4 is 0 Å². The molecule has 1 atom stereocenters. The molecule has 0 amide bonds. The molecule has 1 saturated heterocycles. The number of nitrogens with one attached hydrogen (secondary N) is 1. The smallest absolute Gasteiger partial charge is 0.0469 e. The minimum Gasteiger partial charge on any atom is -0.381 e. The van der Waals surface area contributed by atoms with E-state index in [0.717, 1.165) is 25.2 Å². The van der Waals surface area contributed by atoms with Crippen molar-refractivity contribution in [1.82, 2.24) is 5.32 Å². The molecule has 12 heavy (non-hydrogen) atoms.